The van der Waals surface area contributed by atoms with Crippen molar-refractivity contribution in [2.24, 2.45) is 0 Å². The third-order valence-electron chi connectivity index (χ3n) is 2.50. The average Bonchev–Trinajstić information content (AvgIpc) is 2.46. The van der Waals surface area contributed by atoms with Gasteiger partial charge in [0.25, 0.3) is 0 Å². The molecule has 19 heavy (non-hydrogen) atoms. The summed E-state index contributed by atoms with van der Waals surface area (Å²) in [4.78, 5) is 0. The molecule has 2 rings (SSSR count). The van der Waals surface area contributed by atoms with Crippen LogP contribution < -0.4 is 0 Å². The van der Waals surface area contributed by atoms with Crippen molar-refractivity contribution in [3.63, 3.8) is 0 Å². The van der Waals surface area contributed by atoms with Crippen LogP contribution in [-0.4, -0.2) is 0 Å². The molecular formula is C14H14I2O2Zr. The molecule has 0 amide bonds. The van der Waals surface area contributed by atoms with E-state index in [-0.39, 0.29) is 0 Å². The number of halogens is 2. The predicted octanol–water partition coefficient (Wildman–Crippen LogP) is 5.10. The van der Waals surface area contributed by atoms with Crippen LogP contribution in [0.4, 0.5) is 0 Å². The molecule has 0 N–H and O–H groups in total. The van der Waals surface area contributed by atoms with Crippen molar-refractivity contribution < 1.29 is 18.4 Å². The molecule has 2 aromatic rings. The van der Waals surface area contributed by atoms with Crippen molar-refractivity contribution in [2.75, 3.05) is 0 Å². The van der Waals surface area contributed by atoms with E-state index < -0.39 is 12.8 Å². The van der Waals surface area contributed by atoms with Gasteiger partial charge in [0.1, 0.15) is 0 Å². The zero-order valence-corrected chi connectivity index (χ0v) is 17.0. The summed E-state index contributed by atoms with van der Waals surface area (Å²) >= 11 is 1.88. The van der Waals surface area contributed by atoms with Gasteiger partial charge in [0.15, 0.2) is 0 Å². The molecule has 0 aliphatic carbocycles. The van der Waals surface area contributed by atoms with Crippen molar-refractivity contribution in [1.29, 1.82) is 0 Å². The summed E-state index contributed by atoms with van der Waals surface area (Å²) in [5.41, 5.74) is 2.39. The summed E-state index contributed by atoms with van der Waals surface area (Å²) in [5.74, 6) is 0. The van der Waals surface area contributed by atoms with Gasteiger partial charge in [0.05, 0.1) is 0 Å². The van der Waals surface area contributed by atoms with Gasteiger partial charge in [-0.1, -0.05) is 0 Å². The normalized spacial score (nSPS) is 11.5. The van der Waals surface area contributed by atoms with E-state index in [1.165, 1.54) is 11.1 Å². The van der Waals surface area contributed by atoms with E-state index in [0.29, 0.717) is 13.2 Å². The Morgan fingerprint density at radius 1 is 0.684 bits per heavy atom. The second-order valence-corrected chi connectivity index (χ2v) is 36.7. The molecule has 0 aliphatic rings. The van der Waals surface area contributed by atoms with Crippen LogP contribution in [0.3, 0.4) is 0 Å². The fourth-order valence-corrected chi connectivity index (χ4v) is 7.06. The minimum atomic E-state index is -2.89. The average molecular weight is 559 g/mol. The Hall–Kier alpha value is 0.703. The van der Waals surface area contributed by atoms with Gasteiger partial charge in [-0.05, 0) is 0 Å². The summed E-state index contributed by atoms with van der Waals surface area (Å²) in [5, 5.41) is 0. The van der Waals surface area contributed by atoms with Gasteiger partial charge in [-0.25, -0.2) is 0 Å². The molecule has 0 saturated heterocycles. The minimum absolute atomic E-state index is 0.636. The molecule has 0 heterocycles. The molecule has 0 fully saturated rings. The summed E-state index contributed by atoms with van der Waals surface area (Å²) in [6, 6.07) is 20.4. The Kier molecular flexibility index (Phi) is 6.96. The SMILES string of the molecule is [I][Zr]([I])([O]Cc1ccccc1)[O]Cc1ccccc1. The van der Waals surface area contributed by atoms with E-state index >= 15 is 0 Å². The first-order chi connectivity index (χ1) is 9.16. The van der Waals surface area contributed by atoms with Gasteiger partial charge in [0.2, 0.25) is 0 Å². The molecule has 0 spiro atoms. The Morgan fingerprint density at radius 3 is 1.42 bits per heavy atom. The summed E-state index contributed by atoms with van der Waals surface area (Å²) in [7, 11) is 0. The number of rotatable bonds is 6. The fraction of sp³-hybridized carbons (Fsp3) is 0.143. The Bertz CT molecular complexity index is 446. The molecule has 5 heteroatoms. The van der Waals surface area contributed by atoms with Gasteiger partial charge < -0.3 is 0 Å². The maximum atomic E-state index is 6.00. The molecule has 0 bridgehead atoms. The monoisotopic (exact) mass is 558 g/mol. The van der Waals surface area contributed by atoms with Crippen LogP contribution in [0, 0.1) is 0 Å². The van der Waals surface area contributed by atoms with Crippen LogP contribution in [0.2, 0.25) is 0 Å². The van der Waals surface area contributed by atoms with Crippen molar-refractivity contribution in [3.05, 3.63) is 71.8 Å². The van der Waals surface area contributed by atoms with Gasteiger partial charge >= 0.3 is 139 Å². The third-order valence-corrected chi connectivity index (χ3v) is 12.2. The van der Waals surface area contributed by atoms with Crippen LogP contribution in [0.25, 0.3) is 0 Å². The summed E-state index contributed by atoms with van der Waals surface area (Å²) < 4.78 is 12.0. The van der Waals surface area contributed by atoms with E-state index in [0.717, 1.165) is 0 Å². The zero-order valence-electron chi connectivity index (χ0n) is 10.3. The summed E-state index contributed by atoms with van der Waals surface area (Å²) in [6.45, 7) is 1.27. The van der Waals surface area contributed by atoms with Crippen LogP contribution in [0.5, 0.6) is 0 Å². The first kappa shape index (κ1) is 16.1. The van der Waals surface area contributed by atoms with Gasteiger partial charge in [-0.15, -0.1) is 0 Å². The van der Waals surface area contributed by atoms with Gasteiger partial charge in [-0.3, -0.25) is 0 Å². The van der Waals surface area contributed by atoms with Gasteiger partial charge in [-0.2, -0.15) is 0 Å². The quantitative estimate of drug-likeness (QED) is 0.459. The number of hydrogen-bond donors (Lipinski definition) is 0. The van der Waals surface area contributed by atoms with Crippen molar-refractivity contribution in [3.8, 4) is 0 Å². The van der Waals surface area contributed by atoms with E-state index in [9.17, 15) is 0 Å². The standard InChI is InChI=1S/2C7H7O.2HI.Zr/c2*8-6-7-4-2-1-3-5-7;;;/h2*1-5H,6H2;2*1H;/q2*-1;;;+4/p-2. The first-order valence-corrected chi connectivity index (χ1v) is 22.5. The van der Waals surface area contributed by atoms with E-state index in [4.69, 9.17) is 5.63 Å². The van der Waals surface area contributed by atoms with Crippen molar-refractivity contribution in [1.82, 2.24) is 0 Å². The second-order valence-electron chi connectivity index (χ2n) is 4.01. The van der Waals surface area contributed by atoms with Crippen molar-refractivity contribution in [2.45, 2.75) is 13.2 Å². The van der Waals surface area contributed by atoms with E-state index in [2.05, 4.69) is 60.4 Å². The zero-order chi connectivity index (χ0) is 13.6. The molecular weight excluding hydrogens is 545 g/mol. The maximum absolute atomic E-state index is 6.00. The van der Waals surface area contributed by atoms with Crippen molar-refractivity contribution >= 4 is 36.1 Å². The Labute approximate surface area is 137 Å². The fourth-order valence-electron chi connectivity index (χ4n) is 1.52. The molecule has 0 saturated carbocycles. The van der Waals surface area contributed by atoms with Crippen LogP contribution in [0.1, 0.15) is 11.1 Å². The van der Waals surface area contributed by atoms with E-state index in [1.807, 2.05) is 36.4 Å². The first-order valence-electron chi connectivity index (χ1n) is 5.89. The molecule has 100 valence electrons. The third kappa shape index (κ3) is 6.33. The Morgan fingerprint density at radius 2 is 1.05 bits per heavy atom. The Balaban J connectivity index is 1.82. The molecule has 0 aromatic heterocycles. The molecule has 0 unspecified atom stereocenters. The predicted molar refractivity (Wildman–Crippen MR) is 90.5 cm³/mol. The molecule has 2 nitrogen and oxygen atoms in total. The van der Waals surface area contributed by atoms with Crippen LogP contribution in [0.15, 0.2) is 60.7 Å². The molecule has 0 radical (unpaired) electrons. The van der Waals surface area contributed by atoms with Gasteiger partial charge in [0, 0.05) is 0 Å². The van der Waals surface area contributed by atoms with Crippen LogP contribution in [-0.2, 0) is 31.6 Å². The molecule has 0 aliphatic heterocycles. The number of benzene rings is 2. The number of hydrogen-bond acceptors (Lipinski definition) is 2. The topological polar surface area (TPSA) is 18.5 Å². The molecule has 2 aromatic carbocycles. The summed E-state index contributed by atoms with van der Waals surface area (Å²) in [6.07, 6.45) is 0. The van der Waals surface area contributed by atoms with E-state index in [1.54, 1.807) is 0 Å². The second kappa shape index (κ2) is 8.22. The van der Waals surface area contributed by atoms with Crippen LogP contribution >= 0.6 is 36.1 Å². The molecule has 0 atom stereocenters.